The number of rotatable bonds is 10. The molecule has 0 aromatic carbocycles. The van der Waals surface area contributed by atoms with Crippen molar-refractivity contribution in [3.63, 3.8) is 0 Å². The van der Waals surface area contributed by atoms with E-state index in [9.17, 15) is 0 Å². The SMILES string of the molecule is COCC(CC[Si](C(C)C)(C(C)C)C(C)C)COC. The average molecular weight is 289 g/mol. The molecule has 0 bridgehead atoms. The first-order valence-electron chi connectivity index (χ1n) is 7.80. The number of hydrogen-bond donors (Lipinski definition) is 0. The highest BCUT2D eigenvalue weighted by Gasteiger charge is 2.42. The van der Waals surface area contributed by atoms with Gasteiger partial charge < -0.3 is 9.47 Å². The summed E-state index contributed by atoms with van der Waals surface area (Å²) in [7, 11) is 2.33. The van der Waals surface area contributed by atoms with E-state index in [0.29, 0.717) is 5.92 Å². The van der Waals surface area contributed by atoms with Crippen LogP contribution in [0.1, 0.15) is 48.0 Å². The Bertz CT molecular complexity index is 199. The van der Waals surface area contributed by atoms with Crippen LogP contribution in [-0.4, -0.2) is 35.5 Å². The molecule has 0 heterocycles. The highest BCUT2D eigenvalue weighted by atomic mass is 28.3. The normalized spacial score (nSPS) is 13.3. The first-order valence-corrected chi connectivity index (χ1v) is 10.2. The number of hydrogen-bond acceptors (Lipinski definition) is 2. The van der Waals surface area contributed by atoms with Crippen molar-refractivity contribution in [3.05, 3.63) is 0 Å². The van der Waals surface area contributed by atoms with E-state index in [1.165, 1.54) is 12.5 Å². The van der Waals surface area contributed by atoms with Crippen molar-refractivity contribution in [2.45, 2.75) is 70.6 Å². The van der Waals surface area contributed by atoms with Crippen molar-refractivity contribution in [1.82, 2.24) is 0 Å². The van der Waals surface area contributed by atoms with Gasteiger partial charge in [0.2, 0.25) is 0 Å². The molecule has 0 N–H and O–H groups in total. The first-order chi connectivity index (χ1) is 8.82. The maximum atomic E-state index is 5.34. The second kappa shape index (κ2) is 9.14. The second-order valence-electron chi connectivity index (χ2n) is 6.89. The smallest absolute Gasteiger partial charge is 0.0612 e. The summed E-state index contributed by atoms with van der Waals surface area (Å²) in [6.45, 7) is 16.3. The summed E-state index contributed by atoms with van der Waals surface area (Å²) in [5.41, 5.74) is 2.54. The van der Waals surface area contributed by atoms with Crippen LogP contribution in [0.4, 0.5) is 0 Å². The highest BCUT2D eigenvalue weighted by Crippen LogP contribution is 2.45. The topological polar surface area (TPSA) is 18.5 Å². The van der Waals surface area contributed by atoms with Gasteiger partial charge >= 0.3 is 0 Å². The van der Waals surface area contributed by atoms with Gasteiger partial charge in [-0.15, -0.1) is 0 Å². The van der Waals surface area contributed by atoms with Crippen LogP contribution in [-0.2, 0) is 9.47 Å². The van der Waals surface area contributed by atoms with Crippen molar-refractivity contribution >= 4 is 8.07 Å². The quantitative estimate of drug-likeness (QED) is 0.529. The largest absolute Gasteiger partial charge is 0.384 e. The van der Waals surface area contributed by atoms with E-state index in [2.05, 4.69) is 41.5 Å². The Morgan fingerprint density at radius 1 is 0.737 bits per heavy atom. The third-order valence-electron chi connectivity index (χ3n) is 5.02. The van der Waals surface area contributed by atoms with Crippen molar-refractivity contribution in [3.8, 4) is 0 Å². The van der Waals surface area contributed by atoms with Crippen LogP contribution in [0.5, 0.6) is 0 Å². The van der Waals surface area contributed by atoms with Gasteiger partial charge in [-0.05, 0) is 6.42 Å². The highest BCUT2D eigenvalue weighted by molar-refractivity contribution is 6.83. The molecule has 0 atom stereocenters. The minimum atomic E-state index is -1.26. The lowest BCUT2D eigenvalue weighted by molar-refractivity contribution is 0.0826. The maximum Gasteiger partial charge on any atom is 0.0612 e. The monoisotopic (exact) mass is 288 g/mol. The molecule has 3 heteroatoms. The molecule has 0 saturated heterocycles. The van der Waals surface area contributed by atoms with Gasteiger partial charge in [0.05, 0.1) is 21.3 Å². The Morgan fingerprint density at radius 3 is 1.37 bits per heavy atom. The fourth-order valence-corrected chi connectivity index (χ4v) is 10.6. The molecule has 0 aliphatic rings. The molecule has 0 aliphatic carbocycles. The molecule has 0 aromatic heterocycles. The van der Waals surface area contributed by atoms with E-state index in [1.54, 1.807) is 14.2 Å². The molecular weight excluding hydrogens is 252 g/mol. The summed E-state index contributed by atoms with van der Waals surface area (Å²) >= 11 is 0. The van der Waals surface area contributed by atoms with E-state index < -0.39 is 8.07 Å². The van der Waals surface area contributed by atoms with Crippen molar-refractivity contribution < 1.29 is 9.47 Å². The van der Waals surface area contributed by atoms with Gasteiger partial charge in [-0.2, -0.15) is 0 Å². The van der Waals surface area contributed by atoms with Gasteiger partial charge in [-0.25, -0.2) is 0 Å². The molecule has 0 fully saturated rings. The van der Waals surface area contributed by atoms with Gasteiger partial charge in [-0.3, -0.25) is 0 Å². The number of ether oxygens (including phenoxy) is 2. The summed E-state index contributed by atoms with van der Waals surface area (Å²) in [5, 5.41) is 0. The molecule has 116 valence electrons. The van der Waals surface area contributed by atoms with Crippen LogP contribution in [0.2, 0.25) is 22.7 Å². The van der Waals surface area contributed by atoms with Crippen LogP contribution < -0.4 is 0 Å². The van der Waals surface area contributed by atoms with E-state index in [0.717, 1.165) is 29.8 Å². The zero-order valence-corrected chi connectivity index (χ0v) is 15.5. The number of methoxy groups -OCH3 is 2. The first kappa shape index (κ1) is 19.1. The van der Waals surface area contributed by atoms with Crippen molar-refractivity contribution in [2.24, 2.45) is 5.92 Å². The lowest BCUT2D eigenvalue weighted by Crippen LogP contribution is -2.44. The molecule has 0 unspecified atom stereocenters. The predicted octanol–water partition coefficient (Wildman–Crippen LogP) is 4.96. The van der Waals surface area contributed by atoms with Crippen LogP contribution in [0.15, 0.2) is 0 Å². The fourth-order valence-electron chi connectivity index (χ4n) is 4.01. The van der Waals surface area contributed by atoms with E-state index in [-0.39, 0.29) is 0 Å². The minimum Gasteiger partial charge on any atom is -0.384 e. The molecule has 2 nitrogen and oxygen atoms in total. The predicted molar refractivity (Wildman–Crippen MR) is 87.7 cm³/mol. The summed E-state index contributed by atoms with van der Waals surface area (Å²) in [5.74, 6) is 0.554. The Balaban J connectivity index is 4.81. The third kappa shape index (κ3) is 5.20. The van der Waals surface area contributed by atoms with Crippen LogP contribution >= 0.6 is 0 Å². The Kier molecular flexibility index (Phi) is 9.21. The Hall–Kier alpha value is 0.137. The summed E-state index contributed by atoms with van der Waals surface area (Å²) in [6.07, 6.45) is 1.25. The van der Waals surface area contributed by atoms with Gasteiger partial charge in [0.15, 0.2) is 0 Å². The maximum absolute atomic E-state index is 5.34. The zero-order valence-electron chi connectivity index (χ0n) is 14.5. The average Bonchev–Trinajstić information content (AvgIpc) is 2.28. The van der Waals surface area contributed by atoms with E-state index in [4.69, 9.17) is 9.47 Å². The lowest BCUT2D eigenvalue weighted by Gasteiger charge is -2.44. The van der Waals surface area contributed by atoms with Crippen molar-refractivity contribution in [1.29, 1.82) is 0 Å². The lowest BCUT2D eigenvalue weighted by atomic mass is 10.1. The van der Waals surface area contributed by atoms with Gasteiger partial charge in [0.1, 0.15) is 0 Å². The van der Waals surface area contributed by atoms with Gasteiger partial charge in [0.25, 0.3) is 0 Å². The molecule has 0 saturated carbocycles. The molecule has 0 aromatic rings. The standard InChI is InChI=1S/C16H36O2Si/c1-13(2)19(14(3)4,15(5)6)10-9-16(11-17-7)12-18-8/h13-16H,9-12H2,1-8H3. The molecule has 0 aliphatic heterocycles. The van der Waals surface area contributed by atoms with Crippen LogP contribution in [0.3, 0.4) is 0 Å². The fraction of sp³-hybridized carbons (Fsp3) is 1.00. The van der Waals surface area contributed by atoms with Gasteiger partial charge in [0, 0.05) is 20.1 Å². The minimum absolute atomic E-state index is 0.554. The molecular formula is C16H36O2Si. The molecule has 0 spiro atoms. The molecule has 19 heavy (non-hydrogen) atoms. The van der Waals surface area contributed by atoms with Gasteiger partial charge in [-0.1, -0.05) is 64.2 Å². The van der Waals surface area contributed by atoms with E-state index in [1.807, 2.05) is 0 Å². The Morgan fingerprint density at radius 2 is 1.11 bits per heavy atom. The third-order valence-corrected chi connectivity index (χ3v) is 12.6. The van der Waals surface area contributed by atoms with Crippen LogP contribution in [0, 0.1) is 5.92 Å². The van der Waals surface area contributed by atoms with E-state index >= 15 is 0 Å². The Labute approximate surface area is 122 Å². The van der Waals surface area contributed by atoms with Crippen molar-refractivity contribution in [2.75, 3.05) is 27.4 Å². The molecule has 0 radical (unpaired) electrons. The summed E-state index contributed by atoms with van der Waals surface area (Å²) < 4.78 is 10.7. The molecule has 0 amide bonds. The summed E-state index contributed by atoms with van der Waals surface area (Å²) in [4.78, 5) is 0. The second-order valence-corrected chi connectivity index (χ2v) is 13.1. The van der Waals surface area contributed by atoms with Crippen LogP contribution in [0.25, 0.3) is 0 Å². The summed E-state index contributed by atoms with van der Waals surface area (Å²) in [6, 6.07) is 1.40. The molecule has 0 rings (SSSR count). The zero-order chi connectivity index (χ0) is 15.1.